The van der Waals surface area contributed by atoms with Gasteiger partial charge in [0.15, 0.2) is 0 Å². The summed E-state index contributed by atoms with van der Waals surface area (Å²) in [5, 5.41) is 22.4. The number of hydrogen-bond acceptors (Lipinski definition) is 5. The third-order valence-corrected chi connectivity index (χ3v) is 2.96. The number of rotatable bonds is 7. The molecule has 2 amide bonds. The van der Waals surface area contributed by atoms with E-state index < -0.39 is 42.3 Å². The van der Waals surface area contributed by atoms with Gasteiger partial charge in [0, 0.05) is 0 Å². The van der Waals surface area contributed by atoms with Gasteiger partial charge in [-0.3, -0.25) is 4.79 Å². The molecule has 0 radical (unpaired) electrons. The van der Waals surface area contributed by atoms with E-state index in [0.717, 1.165) is 0 Å². The van der Waals surface area contributed by atoms with Gasteiger partial charge in [-0.05, 0) is 26.7 Å². The van der Waals surface area contributed by atoms with E-state index in [9.17, 15) is 14.4 Å². The van der Waals surface area contributed by atoms with Crippen LogP contribution in [-0.2, 0) is 14.3 Å². The van der Waals surface area contributed by atoms with Crippen LogP contribution in [0.4, 0.5) is 4.79 Å². The van der Waals surface area contributed by atoms with Crippen molar-refractivity contribution >= 4 is 18.0 Å². The maximum Gasteiger partial charge on any atom is 0.408 e. The van der Waals surface area contributed by atoms with Crippen LogP contribution in [0.25, 0.3) is 0 Å². The van der Waals surface area contributed by atoms with Crippen LogP contribution in [0.1, 0.15) is 41.0 Å². The second-order valence-electron chi connectivity index (χ2n) is 6.09. The molecule has 0 aromatic carbocycles. The molecule has 0 fully saturated rings. The van der Waals surface area contributed by atoms with Gasteiger partial charge in [-0.2, -0.15) is 0 Å². The highest BCUT2D eigenvalue weighted by molar-refractivity contribution is 5.89. The Bertz CT molecular complexity index is 405. The van der Waals surface area contributed by atoms with E-state index in [2.05, 4.69) is 10.6 Å². The van der Waals surface area contributed by atoms with E-state index in [4.69, 9.17) is 14.9 Å². The Kier molecular flexibility index (Phi) is 7.86. The summed E-state index contributed by atoms with van der Waals surface area (Å²) in [5.41, 5.74) is -0.713. The van der Waals surface area contributed by atoms with Crippen molar-refractivity contribution in [1.82, 2.24) is 10.6 Å². The summed E-state index contributed by atoms with van der Waals surface area (Å²) >= 11 is 0. The van der Waals surface area contributed by atoms with Crippen molar-refractivity contribution in [3.63, 3.8) is 0 Å². The monoisotopic (exact) mass is 318 g/mol. The predicted molar refractivity (Wildman–Crippen MR) is 79.3 cm³/mol. The van der Waals surface area contributed by atoms with Crippen LogP contribution in [0, 0.1) is 5.92 Å². The van der Waals surface area contributed by atoms with Crippen LogP contribution in [0.5, 0.6) is 0 Å². The number of alkyl carbamates (subject to hydrolysis) is 1. The first-order valence-electron chi connectivity index (χ1n) is 7.15. The van der Waals surface area contributed by atoms with Gasteiger partial charge >= 0.3 is 12.1 Å². The zero-order valence-corrected chi connectivity index (χ0v) is 13.7. The van der Waals surface area contributed by atoms with Crippen molar-refractivity contribution in [2.24, 2.45) is 5.92 Å². The minimum absolute atomic E-state index is 0.236. The van der Waals surface area contributed by atoms with Crippen LogP contribution in [0.2, 0.25) is 0 Å². The first-order valence-corrected chi connectivity index (χ1v) is 7.15. The number of aliphatic hydroxyl groups is 1. The van der Waals surface area contributed by atoms with Crippen molar-refractivity contribution < 1.29 is 29.3 Å². The summed E-state index contributed by atoms with van der Waals surface area (Å²) in [6.07, 6.45) is -0.172. The normalized spacial score (nSPS) is 15.4. The van der Waals surface area contributed by atoms with Crippen LogP contribution in [0.15, 0.2) is 0 Å². The van der Waals surface area contributed by atoms with Gasteiger partial charge in [-0.1, -0.05) is 20.3 Å². The third kappa shape index (κ3) is 7.26. The molecule has 0 saturated heterocycles. The number of aliphatic hydroxyl groups excluding tert-OH is 1. The molecule has 0 bridgehead atoms. The highest BCUT2D eigenvalue weighted by atomic mass is 16.6. The summed E-state index contributed by atoms with van der Waals surface area (Å²) < 4.78 is 5.10. The molecule has 0 aromatic heterocycles. The van der Waals surface area contributed by atoms with Gasteiger partial charge in [0.2, 0.25) is 5.91 Å². The van der Waals surface area contributed by atoms with E-state index in [0.29, 0.717) is 6.42 Å². The number of ether oxygens (including phenoxy) is 1. The lowest BCUT2D eigenvalue weighted by molar-refractivity contribution is -0.143. The smallest absolute Gasteiger partial charge is 0.408 e. The van der Waals surface area contributed by atoms with Gasteiger partial charge in [0.25, 0.3) is 0 Å². The molecule has 0 rings (SSSR count). The Morgan fingerprint density at radius 3 is 2.09 bits per heavy atom. The molecule has 0 spiro atoms. The number of carboxylic acids is 1. The SMILES string of the molecule is CC[C@H](C)[C@H](NC(=O)OC(C)(C)C)C(=O)N[C@@H](CO)C(=O)O. The summed E-state index contributed by atoms with van der Waals surface area (Å²) in [5.74, 6) is -2.27. The second-order valence-corrected chi connectivity index (χ2v) is 6.09. The van der Waals surface area contributed by atoms with Crippen LogP contribution >= 0.6 is 0 Å². The molecule has 0 aliphatic heterocycles. The quantitative estimate of drug-likeness (QED) is 0.541. The van der Waals surface area contributed by atoms with E-state index in [-0.39, 0.29) is 5.92 Å². The largest absolute Gasteiger partial charge is 0.480 e. The maximum atomic E-state index is 12.2. The Morgan fingerprint density at radius 1 is 1.18 bits per heavy atom. The standard InChI is InChI=1S/C14H26N2O6/c1-6-8(2)10(16-13(21)22-14(3,4)5)11(18)15-9(7-17)12(19)20/h8-10,17H,6-7H2,1-5H3,(H,15,18)(H,16,21)(H,19,20)/t8-,9-,10-/m0/s1. The first kappa shape index (κ1) is 20.2. The van der Waals surface area contributed by atoms with Crippen molar-refractivity contribution in [3.05, 3.63) is 0 Å². The highest BCUT2D eigenvalue weighted by Crippen LogP contribution is 2.11. The number of carboxylic acid groups (broad SMARTS) is 1. The zero-order chi connectivity index (χ0) is 17.5. The highest BCUT2D eigenvalue weighted by Gasteiger charge is 2.30. The van der Waals surface area contributed by atoms with Gasteiger partial charge < -0.3 is 25.6 Å². The average Bonchev–Trinajstić information content (AvgIpc) is 2.38. The zero-order valence-electron chi connectivity index (χ0n) is 13.7. The first-order chi connectivity index (χ1) is 10.0. The Morgan fingerprint density at radius 2 is 1.73 bits per heavy atom. The number of carbonyl (C=O) groups excluding carboxylic acids is 2. The summed E-state index contributed by atoms with van der Waals surface area (Å²) in [6, 6.07) is -2.37. The lowest BCUT2D eigenvalue weighted by Gasteiger charge is -2.27. The fraction of sp³-hybridized carbons (Fsp3) is 0.786. The van der Waals surface area contributed by atoms with Gasteiger partial charge in [0.1, 0.15) is 17.7 Å². The molecular weight excluding hydrogens is 292 g/mol. The fourth-order valence-corrected chi connectivity index (χ4v) is 1.58. The minimum atomic E-state index is -1.42. The molecule has 0 aliphatic carbocycles. The molecule has 8 nitrogen and oxygen atoms in total. The van der Waals surface area contributed by atoms with Gasteiger partial charge in [0.05, 0.1) is 6.61 Å². The van der Waals surface area contributed by atoms with Gasteiger partial charge in [-0.25, -0.2) is 9.59 Å². The number of amides is 2. The van der Waals surface area contributed by atoms with Crippen molar-refractivity contribution in [2.45, 2.75) is 58.7 Å². The molecule has 0 saturated carbocycles. The molecular formula is C14H26N2O6. The van der Waals surface area contributed by atoms with E-state index >= 15 is 0 Å². The molecule has 0 aliphatic rings. The summed E-state index contributed by atoms with van der Waals surface area (Å²) in [4.78, 5) is 34.8. The minimum Gasteiger partial charge on any atom is -0.480 e. The Labute approximate surface area is 130 Å². The molecule has 128 valence electrons. The second kappa shape index (κ2) is 8.57. The van der Waals surface area contributed by atoms with E-state index in [1.54, 1.807) is 27.7 Å². The van der Waals surface area contributed by atoms with Crippen LogP contribution in [0.3, 0.4) is 0 Å². The average molecular weight is 318 g/mol. The van der Waals surface area contributed by atoms with Crippen LogP contribution < -0.4 is 10.6 Å². The van der Waals surface area contributed by atoms with Gasteiger partial charge in [-0.15, -0.1) is 0 Å². The number of hydrogen-bond donors (Lipinski definition) is 4. The van der Waals surface area contributed by atoms with E-state index in [1.807, 2.05) is 6.92 Å². The molecule has 8 heteroatoms. The lowest BCUT2D eigenvalue weighted by Crippen LogP contribution is -2.55. The number of carbonyl (C=O) groups is 3. The lowest BCUT2D eigenvalue weighted by atomic mass is 9.98. The molecule has 0 unspecified atom stereocenters. The van der Waals surface area contributed by atoms with Crippen molar-refractivity contribution in [1.29, 1.82) is 0 Å². The number of nitrogens with one attached hydrogen (secondary N) is 2. The van der Waals surface area contributed by atoms with Crippen LogP contribution in [-0.4, -0.2) is 52.5 Å². The molecule has 0 heterocycles. The Balaban J connectivity index is 4.94. The van der Waals surface area contributed by atoms with Crippen molar-refractivity contribution in [3.8, 4) is 0 Å². The molecule has 3 atom stereocenters. The van der Waals surface area contributed by atoms with Crippen molar-refractivity contribution in [2.75, 3.05) is 6.61 Å². The van der Waals surface area contributed by atoms with E-state index in [1.165, 1.54) is 0 Å². The molecule has 22 heavy (non-hydrogen) atoms. The number of aliphatic carboxylic acids is 1. The fourth-order valence-electron chi connectivity index (χ4n) is 1.58. The molecule has 4 N–H and O–H groups in total. The third-order valence-electron chi connectivity index (χ3n) is 2.96. The predicted octanol–water partition coefficient (Wildman–Crippen LogP) is 0.488. The topological polar surface area (TPSA) is 125 Å². The summed E-state index contributed by atoms with van der Waals surface area (Å²) in [7, 11) is 0. The Hall–Kier alpha value is -1.83. The summed E-state index contributed by atoms with van der Waals surface area (Å²) in [6.45, 7) is 7.92. The molecule has 0 aromatic rings. The maximum absolute atomic E-state index is 12.2.